The molecule has 0 aliphatic heterocycles. The zero-order valence-corrected chi connectivity index (χ0v) is 10.8. The van der Waals surface area contributed by atoms with E-state index in [-0.39, 0.29) is 6.04 Å². The molecule has 1 fully saturated rings. The Morgan fingerprint density at radius 2 is 2.00 bits per heavy atom. The molecular formula is C14H21NS. The van der Waals surface area contributed by atoms with Gasteiger partial charge in [-0.2, -0.15) is 11.8 Å². The highest BCUT2D eigenvalue weighted by Crippen LogP contribution is 2.36. The van der Waals surface area contributed by atoms with Crippen LogP contribution in [0.25, 0.3) is 0 Å². The van der Waals surface area contributed by atoms with Crippen molar-refractivity contribution < 1.29 is 0 Å². The molecule has 1 unspecified atom stereocenters. The lowest BCUT2D eigenvalue weighted by atomic mass is 9.80. The van der Waals surface area contributed by atoms with Gasteiger partial charge in [-0.1, -0.05) is 30.7 Å². The Labute approximate surface area is 103 Å². The van der Waals surface area contributed by atoms with Gasteiger partial charge in [-0.05, 0) is 48.3 Å². The molecule has 0 amide bonds. The molecule has 1 aliphatic carbocycles. The summed E-state index contributed by atoms with van der Waals surface area (Å²) in [4.78, 5) is 0. The third-order valence-electron chi connectivity index (χ3n) is 3.57. The van der Waals surface area contributed by atoms with Crippen LogP contribution in [0, 0.1) is 0 Å². The SMILES string of the molecule is CSCCC(N)c1ccc(C2CCC2)cc1. The maximum absolute atomic E-state index is 6.14. The summed E-state index contributed by atoms with van der Waals surface area (Å²) in [7, 11) is 0. The minimum atomic E-state index is 0.211. The third-order valence-corrected chi connectivity index (χ3v) is 4.22. The van der Waals surface area contributed by atoms with Gasteiger partial charge in [0.1, 0.15) is 0 Å². The van der Waals surface area contributed by atoms with Crippen LogP contribution in [0.3, 0.4) is 0 Å². The molecule has 1 saturated carbocycles. The molecule has 1 nitrogen and oxygen atoms in total. The fourth-order valence-corrected chi connectivity index (χ4v) is 2.66. The minimum Gasteiger partial charge on any atom is -0.324 e. The van der Waals surface area contributed by atoms with Gasteiger partial charge in [-0.3, -0.25) is 0 Å². The van der Waals surface area contributed by atoms with Gasteiger partial charge in [0.05, 0.1) is 0 Å². The Hall–Kier alpha value is -0.470. The predicted octanol–water partition coefficient (Wildman–Crippen LogP) is 3.71. The van der Waals surface area contributed by atoms with Crippen molar-refractivity contribution in [1.29, 1.82) is 0 Å². The Bertz CT molecular complexity index is 316. The lowest BCUT2D eigenvalue weighted by molar-refractivity contribution is 0.419. The zero-order valence-electron chi connectivity index (χ0n) is 9.99. The van der Waals surface area contributed by atoms with Gasteiger partial charge in [-0.15, -0.1) is 0 Å². The number of hydrogen-bond donors (Lipinski definition) is 1. The van der Waals surface area contributed by atoms with Crippen LogP contribution in [0.4, 0.5) is 0 Å². The van der Waals surface area contributed by atoms with Gasteiger partial charge < -0.3 is 5.73 Å². The quantitative estimate of drug-likeness (QED) is 0.842. The Morgan fingerprint density at radius 1 is 1.31 bits per heavy atom. The monoisotopic (exact) mass is 235 g/mol. The van der Waals surface area contributed by atoms with Gasteiger partial charge >= 0.3 is 0 Å². The maximum Gasteiger partial charge on any atom is 0.0302 e. The molecule has 0 saturated heterocycles. The molecule has 16 heavy (non-hydrogen) atoms. The first kappa shape index (κ1) is 12.0. The van der Waals surface area contributed by atoms with E-state index < -0.39 is 0 Å². The smallest absolute Gasteiger partial charge is 0.0302 e. The molecular weight excluding hydrogens is 214 g/mol. The first-order valence-corrected chi connectivity index (χ1v) is 7.55. The highest BCUT2D eigenvalue weighted by atomic mass is 32.2. The van der Waals surface area contributed by atoms with Crippen LogP contribution < -0.4 is 5.73 Å². The summed E-state index contributed by atoms with van der Waals surface area (Å²) in [6, 6.07) is 9.20. The van der Waals surface area contributed by atoms with Gasteiger partial charge in [0.2, 0.25) is 0 Å². The van der Waals surface area contributed by atoms with Crippen LogP contribution in [0.5, 0.6) is 0 Å². The molecule has 1 aliphatic rings. The predicted molar refractivity (Wildman–Crippen MR) is 73.0 cm³/mol. The molecule has 0 radical (unpaired) electrons. The summed E-state index contributed by atoms with van der Waals surface area (Å²) in [5.74, 6) is 1.97. The van der Waals surface area contributed by atoms with Gasteiger partial charge in [0.15, 0.2) is 0 Å². The van der Waals surface area contributed by atoms with Crippen molar-refractivity contribution in [3.05, 3.63) is 35.4 Å². The molecule has 0 spiro atoms. The second-order valence-electron chi connectivity index (χ2n) is 4.68. The molecule has 0 aromatic heterocycles. The van der Waals surface area contributed by atoms with Crippen LogP contribution in [-0.4, -0.2) is 12.0 Å². The maximum atomic E-state index is 6.14. The summed E-state index contributed by atoms with van der Waals surface area (Å²) in [6.45, 7) is 0. The van der Waals surface area contributed by atoms with Crippen molar-refractivity contribution in [3.8, 4) is 0 Å². The number of nitrogens with two attached hydrogens (primary N) is 1. The first-order valence-electron chi connectivity index (χ1n) is 6.15. The molecule has 2 N–H and O–H groups in total. The van der Waals surface area contributed by atoms with Crippen molar-refractivity contribution >= 4 is 11.8 Å². The van der Waals surface area contributed by atoms with Crippen molar-refractivity contribution in [3.63, 3.8) is 0 Å². The summed E-state index contributed by atoms with van der Waals surface area (Å²) >= 11 is 1.87. The lowest BCUT2D eigenvalue weighted by Gasteiger charge is -2.26. The van der Waals surface area contributed by atoms with E-state index in [0.29, 0.717) is 0 Å². The minimum absolute atomic E-state index is 0.211. The summed E-state index contributed by atoms with van der Waals surface area (Å²) in [6.07, 6.45) is 7.35. The Balaban J connectivity index is 1.95. The third kappa shape index (κ3) is 2.80. The number of benzene rings is 1. The van der Waals surface area contributed by atoms with E-state index in [2.05, 4.69) is 30.5 Å². The highest BCUT2D eigenvalue weighted by molar-refractivity contribution is 7.98. The van der Waals surface area contributed by atoms with E-state index in [1.165, 1.54) is 30.4 Å². The van der Waals surface area contributed by atoms with Crippen LogP contribution in [0.15, 0.2) is 24.3 Å². The normalized spacial score (nSPS) is 18.1. The summed E-state index contributed by atoms with van der Waals surface area (Å²) in [5.41, 5.74) is 8.94. The average Bonchev–Trinajstić information content (AvgIpc) is 2.24. The van der Waals surface area contributed by atoms with E-state index >= 15 is 0 Å². The molecule has 2 heteroatoms. The molecule has 1 aromatic rings. The second-order valence-corrected chi connectivity index (χ2v) is 5.67. The second kappa shape index (κ2) is 5.74. The first-order chi connectivity index (χ1) is 7.81. The largest absolute Gasteiger partial charge is 0.324 e. The lowest BCUT2D eigenvalue weighted by Crippen LogP contribution is -2.12. The molecule has 0 bridgehead atoms. The van der Waals surface area contributed by atoms with E-state index in [0.717, 1.165) is 18.1 Å². The van der Waals surface area contributed by atoms with Crippen LogP contribution in [0.1, 0.15) is 48.8 Å². The molecule has 0 heterocycles. The van der Waals surface area contributed by atoms with Crippen LogP contribution in [0.2, 0.25) is 0 Å². The van der Waals surface area contributed by atoms with E-state index in [4.69, 9.17) is 5.73 Å². The number of rotatable bonds is 5. The number of thioether (sulfide) groups is 1. The molecule has 1 atom stereocenters. The van der Waals surface area contributed by atoms with Crippen molar-refractivity contribution in [2.45, 2.75) is 37.6 Å². The Morgan fingerprint density at radius 3 is 2.50 bits per heavy atom. The summed E-state index contributed by atoms with van der Waals surface area (Å²) in [5, 5.41) is 0. The topological polar surface area (TPSA) is 26.0 Å². The van der Waals surface area contributed by atoms with Crippen molar-refractivity contribution in [2.24, 2.45) is 5.73 Å². The van der Waals surface area contributed by atoms with E-state index in [9.17, 15) is 0 Å². The average molecular weight is 235 g/mol. The van der Waals surface area contributed by atoms with Crippen LogP contribution in [-0.2, 0) is 0 Å². The summed E-state index contributed by atoms with van der Waals surface area (Å²) < 4.78 is 0. The van der Waals surface area contributed by atoms with Gasteiger partial charge in [0.25, 0.3) is 0 Å². The fraction of sp³-hybridized carbons (Fsp3) is 0.571. The van der Waals surface area contributed by atoms with Gasteiger partial charge in [-0.25, -0.2) is 0 Å². The molecule has 2 rings (SSSR count). The van der Waals surface area contributed by atoms with E-state index in [1.54, 1.807) is 0 Å². The standard InChI is InChI=1S/C14H21NS/c1-16-10-9-14(15)13-7-5-12(6-8-13)11-3-2-4-11/h5-8,11,14H,2-4,9-10,15H2,1H3. The fourth-order valence-electron chi connectivity index (χ4n) is 2.17. The van der Waals surface area contributed by atoms with Crippen molar-refractivity contribution in [2.75, 3.05) is 12.0 Å². The van der Waals surface area contributed by atoms with Crippen molar-refractivity contribution in [1.82, 2.24) is 0 Å². The molecule has 1 aromatic carbocycles. The zero-order chi connectivity index (χ0) is 11.4. The van der Waals surface area contributed by atoms with E-state index in [1.807, 2.05) is 11.8 Å². The highest BCUT2D eigenvalue weighted by Gasteiger charge is 2.19. The Kier molecular flexibility index (Phi) is 4.30. The van der Waals surface area contributed by atoms with Gasteiger partial charge in [0, 0.05) is 6.04 Å². The number of hydrogen-bond acceptors (Lipinski definition) is 2. The van der Waals surface area contributed by atoms with Crippen LogP contribution >= 0.6 is 11.8 Å². The molecule has 88 valence electrons.